The molecule has 2 unspecified atom stereocenters. The first kappa shape index (κ1) is 77.0. The fourth-order valence-corrected chi connectivity index (χ4v) is 11.6. The van der Waals surface area contributed by atoms with Crippen molar-refractivity contribution in [2.75, 3.05) is 41.3 Å². The van der Waals surface area contributed by atoms with E-state index in [-0.39, 0.29) is 24.8 Å². The summed E-state index contributed by atoms with van der Waals surface area (Å²) in [7, 11) is 10.0. The van der Waals surface area contributed by atoms with Crippen molar-refractivity contribution in [3.05, 3.63) is 0 Å². The van der Waals surface area contributed by atoms with Crippen LogP contribution in [0.2, 0.25) is 0 Å². The molecule has 0 aromatic rings. The summed E-state index contributed by atoms with van der Waals surface area (Å²) in [5.41, 5.74) is 0. The van der Waals surface area contributed by atoms with Gasteiger partial charge in [0.05, 0.1) is 53.4 Å². The van der Waals surface area contributed by atoms with Crippen molar-refractivity contribution < 1.29 is 33.8 Å². The molecule has 0 rings (SSSR count). The predicted molar refractivity (Wildman–Crippen MR) is 316 cm³/mol. The van der Waals surface area contributed by atoms with Crippen LogP contribution in [-0.4, -0.2) is 62.3 Å². The highest BCUT2D eigenvalue weighted by Crippen LogP contribution is 2.23. The Morgan fingerprint density at radius 2 is 0.343 bits per heavy atom. The third-order valence-corrected chi connectivity index (χ3v) is 16.9. The molecule has 2 atom stereocenters. The van der Waals surface area contributed by atoms with Gasteiger partial charge in [-0.25, -0.2) is 0 Å². The Labute approximate surface area is 460 Å². The van der Waals surface area contributed by atoms with E-state index in [0.29, 0.717) is 0 Å². The van der Waals surface area contributed by atoms with E-state index < -0.39 is 0 Å². The standard InChI is InChI=1S/2C33H70N.2ClH/c2*1-6-9-11-13-15-17-19-21-23-25-27-29-31-33(8-3)34(4,5)32-30-28-26-24-22-20-18-16-14-12-10-7-2;;/h2*33H,6-32H2,1-5H3;2*1H/q2*+1;;/p-2. The second kappa shape index (κ2) is 62.0. The van der Waals surface area contributed by atoms with Crippen molar-refractivity contribution in [3.8, 4) is 0 Å². The molecular weight excluding hydrogens is 892 g/mol. The van der Waals surface area contributed by atoms with Crippen LogP contribution in [0.4, 0.5) is 0 Å². The van der Waals surface area contributed by atoms with Crippen molar-refractivity contribution >= 4 is 0 Å². The Morgan fingerprint density at radius 3 is 0.500 bits per heavy atom. The summed E-state index contributed by atoms with van der Waals surface area (Å²) in [6.45, 7) is 16.8. The zero-order chi connectivity index (χ0) is 50.3. The quantitative estimate of drug-likeness (QED) is 0.0421. The van der Waals surface area contributed by atoms with Gasteiger partial charge in [-0.15, -0.1) is 0 Å². The first-order valence-corrected chi connectivity index (χ1v) is 32.8. The van der Waals surface area contributed by atoms with Gasteiger partial charge in [0.2, 0.25) is 0 Å². The minimum Gasteiger partial charge on any atom is -1.00 e. The Hall–Kier alpha value is 0.500. The third-order valence-electron chi connectivity index (χ3n) is 16.9. The summed E-state index contributed by atoms with van der Waals surface area (Å²) in [5.74, 6) is 0. The molecule has 0 saturated heterocycles. The Morgan fingerprint density at radius 1 is 0.200 bits per heavy atom. The van der Waals surface area contributed by atoms with Crippen LogP contribution in [-0.2, 0) is 0 Å². The Kier molecular flexibility index (Phi) is 68.3. The van der Waals surface area contributed by atoms with Crippen LogP contribution < -0.4 is 24.8 Å². The molecule has 70 heavy (non-hydrogen) atoms. The summed E-state index contributed by atoms with van der Waals surface area (Å²) in [4.78, 5) is 0. The Bertz CT molecular complexity index is 835. The molecule has 0 amide bonds. The zero-order valence-electron chi connectivity index (χ0n) is 51.0. The number of unbranched alkanes of at least 4 members (excludes halogenated alkanes) is 44. The molecule has 428 valence electrons. The predicted octanol–water partition coefficient (Wildman–Crippen LogP) is 17.3. The maximum atomic E-state index is 2.51. The van der Waals surface area contributed by atoms with Gasteiger partial charge in [-0.1, -0.05) is 311 Å². The summed E-state index contributed by atoms with van der Waals surface area (Å²) in [6, 6.07) is 1.74. The number of quaternary nitrogens is 2. The van der Waals surface area contributed by atoms with Crippen LogP contribution in [0.5, 0.6) is 0 Å². The van der Waals surface area contributed by atoms with Gasteiger partial charge in [-0.3, -0.25) is 0 Å². The van der Waals surface area contributed by atoms with Crippen molar-refractivity contribution in [3.63, 3.8) is 0 Å². The van der Waals surface area contributed by atoms with Gasteiger partial charge in [-0.05, 0) is 64.2 Å². The zero-order valence-corrected chi connectivity index (χ0v) is 52.5. The fourth-order valence-electron chi connectivity index (χ4n) is 11.6. The molecule has 0 aromatic carbocycles. The number of rotatable bonds is 56. The molecule has 0 radical (unpaired) electrons. The van der Waals surface area contributed by atoms with E-state index >= 15 is 0 Å². The van der Waals surface area contributed by atoms with E-state index in [9.17, 15) is 0 Å². The molecule has 0 spiro atoms. The highest BCUT2D eigenvalue weighted by Gasteiger charge is 2.26. The van der Waals surface area contributed by atoms with E-state index in [0.717, 1.165) is 12.1 Å². The number of nitrogens with zero attached hydrogens (tertiary/aromatic N) is 2. The van der Waals surface area contributed by atoms with Gasteiger partial charge in [0.1, 0.15) is 0 Å². The number of halogens is 2. The lowest BCUT2D eigenvalue weighted by Gasteiger charge is -2.38. The van der Waals surface area contributed by atoms with Crippen LogP contribution in [0.1, 0.15) is 375 Å². The number of hydrogen-bond acceptors (Lipinski definition) is 0. The van der Waals surface area contributed by atoms with Crippen molar-refractivity contribution in [2.45, 2.75) is 388 Å². The van der Waals surface area contributed by atoms with Crippen LogP contribution in [0, 0.1) is 0 Å². The van der Waals surface area contributed by atoms with E-state index in [1.54, 1.807) is 0 Å². The summed E-state index contributed by atoms with van der Waals surface area (Å²) < 4.78 is 2.51. The van der Waals surface area contributed by atoms with Gasteiger partial charge >= 0.3 is 0 Å². The first-order valence-electron chi connectivity index (χ1n) is 32.8. The normalized spacial score (nSPS) is 12.6. The van der Waals surface area contributed by atoms with E-state index in [4.69, 9.17) is 0 Å². The molecule has 2 nitrogen and oxygen atoms in total. The molecular formula is C66H140Cl2N2. The van der Waals surface area contributed by atoms with Crippen LogP contribution in [0.25, 0.3) is 0 Å². The summed E-state index contributed by atoms with van der Waals surface area (Å²) in [6.07, 6.45) is 75.5. The van der Waals surface area contributed by atoms with Gasteiger partial charge < -0.3 is 33.8 Å². The molecule has 0 aliphatic rings. The van der Waals surface area contributed by atoms with Gasteiger partial charge in [0, 0.05) is 0 Å². The molecule has 4 heteroatoms. The van der Waals surface area contributed by atoms with Gasteiger partial charge in [0.15, 0.2) is 0 Å². The summed E-state index contributed by atoms with van der Waals surface area (Å²) >= 11 is 0. The molecule has 0 aromatic heterocycles. The molecule has 0 aliphatic heterocycles. The van der Waals surface area contributed by atoms with Crippen LogP contribution in [0.15, 0.2) is 0 Å². The largest absolute Gasteiger partial charge is 1.00 e. The SMILES string of the molecule is CCCCCCCCCCCCCCC(CC)[N+](C)(C)CCCCCCCCCCCCCC.CCCCCCCCCCCCCCC(CC)[N+](C)(C)CCCCCCCCCCCCCC.[Cl-].[Cl-]. The lowest BCUT2D eigenvalue weighted by Crippen LogP contribution is -3.00. The molecule has 0 N–H and O–H groups in total. The van der Waals surface area contributed by atoms with Crippen LogP contribution >= 0.6 is 0 Å². The summed E-state index contributed by atoms with van der Waals surface area (Å²) in [5, 5.41) is 0. The molecule has 0 fully saturated rings. The van der Waals surface area contributed by atoms with Gasteiger partial charge in [0.25, 0.3) is 0 Å². The number of hydrogen-bond donors (Lipinski definition) is 0. The monoisotopic (exact) mass is 1030 g/mol. The maximum absolute atomic E-state index is 2.51. The van der Waals surface area contributed by atoms with Crippen molar-refractivity contribution in [1.29, 1.82) is 0 Å². The van der Waals surface area contributed by atoms with Crippen LogP contribution in [0.3, 0.4) is 0 Å². The van der Waals surface area contributed by atoms with Crippen molar-refractivity contribution in [1.82, 2.24) is 0 Å². The average Bonchev–Trinajstić information content (AvgIpc) is 3.32. The second-order valence-corrected chi connectivity index (χ2v) is 24.3. The lowest BCUT2D eigenvalue weighted by atomic mass is 10.00. The second-order valence-electron chi connectivity index (χ2n) is 24.3. The first-order chi connectivity index (χ1) is 33.2. The smallest absolute Gasteiger partial charge is 0.0883 e. The van der Waals surface area contributed by atoms with Gasteiger partial charge in [-0.2, -0.15) is 0 Å². The van der Waals surface area contributed by atoms with E-state index in [1.165, 1.54) is 356 Å². The molecule has 0 heterocycles. The Balaban J connectivity index is -0.000000605. The minimum atomic E-state index is 0. The van der Waals surface area contributed by atoms with Crippen molar-refractivity contribution in [2.24, 2.45) is 0 Å². The topological polar surface area (TPSA) is 0 Å². The molecule has 0 saturated carbocycles. The molecule has 0 bridgehead atoms. The minimum absolute atomic E-state index is 0. The molecule has 0 aliphatic carbocycles. The van der Waals surface area contributed by atoms with E-state index in [2.05, 4.69) is 69.7 Å². The third kappa shape index (κ3) is 56.2. The lowest BCUT2D eigenvalue weighted by molar-refractivity contribution is -0.915. The fraction of sp³-hybridized carbons (Fsp3) is 1.00. The highest BCUT2D eigenvalue weighted by atomic mass is 35.5. The van der Waals surface area contributed by atoms with E-state index in [1.807, 2.05) is 0 Å². The maximum Gasteiger partial charge on any atom is 0.0883 e. The highest BCUT2D eigenvalue weighted by molar-refractivity contribution is 4.61. The average molecular weight is 1030 g/mol.